The smallest absolute Gasteiger partial charge is 0.338 e. The molecule has 0 aliphatic carbocycles. The van der Waals surface area contributed by atoms with Crippen LogP contribution in [0.4, 0.5) is 5.69 Å². The Balaban J connectivity index is 1.95. The molecule has 0 radical (unpaired) electrons. The molecule has 5 heteroatoms. The number of carbonyl (C=O) groups excluding carboxylic acids is 2. The Morgan fingerprint density at radius 3 is 1.96 bits per heavy atom. The fourth-order valence-electron chi connectivity index (χ4n) is 2.07. The van der Waals surface area contributed by atoms with Gasteiger partial charge in [-0.25, -0.2) is 9.59 Å². The third kappa shape index (κ3) is 8.36. The van der Waals surface area contributed by atoms with Crippen molar-refractivity contribution < 1.29 is 19.1 Å². The highest BCUT2D eigenvalue weighted by atomic mass is 16.5. The third-order valence-corrected chi connectivity index (χ3v) is 3.50. The van der Waals surface area contributed by atoms with Gasteiger partial charge < -0.3 is 15.2 Å². The van der Waals surface area contributed by atoms with Gasteiger partial charge in [0.25, 0.3) is 0 Å². The van der Waals surface area contributed by atoms with Crippen LogP contribution in [0.1, 0.15) is 55.8 Å². The number of nitrogen functional groups attached to an aromatic ring is 1. The quantitative estimate of drug-likeness (QED) is 0.288. The number of unbranched alkanes of at least 4 members (excludes halogenated alkanes) is 5. The number of esters is 2. The van der Waals surface area contributed by atoms with Crippen LogP contribution < -0.4 is 5.73 Å². The number of hydrogen-bond donors (Lipinski definition) is 1. The molecule has 24 heavy (non-hydrogen) atoms. The van der Waals surface area contributed by atoms with E-state index in [4.69, 9.17) is 15.2 Å². The first-order valence-corrected chi connectivity index (χ1v) is 8.36. The van der Waals surface area contributed by atoms with Crippen molar-refractivity contribution in [2.45, 2.75) is 45.4 Å². The van der Waals surface area contributed by atoms with Crippen LogP contribution in [-0.4, -0.2) is 25.2 Å². The fraction of sp³-hybridized carbons (Fsp3) is 0.474. The molecular weight excluding hydrogens is 306 g/mol. The largest absolute Gasteiger partial charge is 0.462 e. The average molecular weight is 333 g/mol. The SMILES string of the molecule is C=C(C)C(=O)OCCCCCCCCOC(=O)c1ccc(N)cc1. The van der Waals surface area contributed by atoms with Gasteiger partial charge in [-0.1, -0.05) is 32.3 Å². The summed E-state index contributed by atoms with van der Waals surface area (Å²) in [4.78, 5) is 22.9. The molecule has 1 aromatic rings. The molecule has 0 bridgehead atoms. The third-order valence-electron chi connectivity index (χ3n) is 3.50. The van der Waals surface area contributed by atoms with E-state index in [-0.39, 0.29) is 11.9 Å². The zero-order chi connectivity index (χ0) is 17.8. The molecule has 0 fully saturated rings. The summed E-state index contributed by atoms with van der Waals surface area (Å²) in [6.07, 6.45) is 5.91. The van der Waals surface area contributed by atoms with Crippen LogP contribution in [0.25, 0.3) is 0 Å². The average Bonchev–Trinajstić information content (AvgIpc) is 2.56. The first-order valence-electron chi connectivity index (χ1n) is 8.36. The summed E-state index contributed by atoms with van der Waals surface area (Å²) >= 11 is 0. The van der Waals surface area contributed by atoms with Crippen LogP contribution in [0.2, 0.25) is 0 Å². The van der Waals surface area contributed by atoms with Gasteiger partial charge in [0.1, 0.15) is 0 Å². The van der Waals surface area contributed by atoms with Crippen molar-refractivity contribution in [3.05, 3.63) is 42.0 Å². The number of carbonyl (C=O) groups is 2. The summed E-state index contributed by atoms with van der Waals surface area (Å²) in [6, 6.07) is 6.70. The highest BCUT2D eigenvalue weighted by Gasteiger charge is 2.06. The minimum absolute atomic E-state index is 0.311. The molecule has 0 spiro atoms. The first kappa shape index (κ1) is 19.7. The Labute approximate surface area is 143 Å². The molecular formula is C19H27NO4. The lowest BCUT2D eigenvalue weighted by Crippen LogP contribution is -2.06. The Kier molecular flexibility index (Phi) is 9.27. The lowest BCUT2D eigenvalue weighted by atomic mass is 10.1. The predicted molar refractivity (Wildman–Crippen MR) is 94.6 cm³/mol. The maximum atomic E-state index is 11.8. The van der Waals surface area contributed by atoms with Gasteiger partial charge in [0.05, 0.1) is 18.8 Å². The zero-order valence-electron chi connectivity index (χ0n) is 14.4. The molecule has 5 nitrogen and oxygen atoms in total. The van der Waals surface area contributed by atoms with E-state index in [9.17, 15) is 9.59 Å². The molecule has 132 valence electrons. The van der Waals surface area contributed by atoms with Crippen LogP contribution in [0, 0.1) is 0 Å². The molecule has 0 saturated carbocycles. The maximum Gasteiger partial charge on any atom is 0.338 e. The van der Waals surface area contributed by atoms with Gasteiger partial charge in [-0.05, 0) is 44.0 Å². The van der Waals surface area contributed by atoms with Crippen LogP contribution in [-0.2, 0) is 14.3 Å². The number of benzene rings is 1. The number of anilines is 1. The summed E-state index contributed by atoms with van der Waals surface area (Å²) in [5.74, 6) is -0.632. The monoisotopic (exact) mass is 333 g/mol. The Hall–Kier alpha value is -2.30. The number of nitrogens with two attached hydrogens (primary N) is 1. The van der Waals surface area contributed by atoms with Gasteiger partial charge in [0.15, 0.2) is 0 Å². The van der Waals surface area contributed by atoms with Gasteiger partial charge >= 0.3 is 11.9 Å². The lowest BCUT2D eigenvalue weighted by molar-refractivity contribution is -0.139. The van der Waals surface area contributed by atoms with Gasteiger partial charge in [-0.15, -0.1) is 0 Å². The molecule has 0 aromatic heterocycles. The highest BCUT2D eigenvalue weighted by molar-refractivity contribution is 5.89. The van der Waals surface area contributed by atoms with Crippen LogP contribution in [0.3, 0.4) is 0 Å². The van der Waals surface area contributed by atoms with E-state index in [1.165, 1.54) is 0 Å². The Bertz CT molecular complexity index is 537. The first-order chi connectivity index (χ1) is 11.5. The van der Waals surface area contributed by atoms with Crippen LogP contribution >= 0.6 is 0 Å². The number of rotatable bonds is 11. The van der Waals surface area contributed by atoms with E-state index in [0.29, 0.717) is 30.0 Å². The second kappa shape index (κ2) is 11.3. The van der Waals surface area contributed by atoms with E-state index in [2.05, 4.69) is 6.58 Å². The van der Waals surface area contributed by atoms with Crippen molar-refractivity contribution in [2.24, 2.45) is 0 Å². The number of hydrogen-bond acceptors (Lipinski definition) is 5. The van der Waals surface area contributed by atoms with Crippen molar-refractivity contribution in [1.29, 1.82) is 0 Å². The van der Waals surface area contributed by atoms with E-state index in [0.717, 1.165) is 38.5 Å². The molecule has 0 atom stereocenters. The molecule has 0 aliphatic rings. The van der Waals surface area contributed by atoms with E-state index >= 15 is 0 Å². The minimum Gasteiger partial charge on any atom is -0.462 e. The topological polar surface area (TPSA) is 78.6 Å². The Morgan fingerprint density at radius 2 is 1.42 bits per heavy atom. The fourth-order valence-corrected chi connectivity index (χ4v) is 2.07. The highest BCUT2D eigenvalue weighted by Crippen LogP contribution is 2.09. The van der Waals surface area contributed by atoms with Crippen molar-refractivity contribution in [1.82, 2.24) is 0 Å². The summed E-state index contributed by atoms with van der Waals surface area (Å²) in [7, 11) is 0. The molecule has 0 aliphatic heterocycles. The molecule has 1 rings (SSSR count). The van der Waals surface area contributed by atoms with Gasteiger partial charge in [0.2, 0.25) is 0 Å². The summed E-state index contributed by atoms with van der Waals surface area (Å²) in [5.41, 5.74) is 7.15. The number of ether oxygens (including phenoxy) is 2. The van der Waals surface area contributed by atoms with Crippen LogP contribution in [0.5, 0.6) is 0 Å². The summed E-state index contributed by atoms with van der Waals surface area (Å²) < 4.78 is 10.2. The maximum absolute atomic E-state index is 11.8. The minimum atomic E-state index is -0.321. The van der Waals surface area contributed by atoms with Crippen LogP contribution in [0.15, 0.2) is 36.4 Å². The van der Waals surface area contributed by atoms with Crippen molar-refractivity contribution in [2.75, 3.05) is 18.9 Å². The van der Waals surface area contributed by atoms with Crippen molar-refractivity contribution in [3.63, 3.8) is 0 Å². The van der Waals surface area contributed by atoms with Gasteiger partial charge in [-0.2, -0.15) is 0 Å². The van der Waals surface area contributed by atoms with Gasteiger partial charge in [-0.3, -0.25) is 0 Å². The molecule has 0 amide bonds. The Morgan fingerprint density at radius 1 is 0.917 bits per heavy atom. The van der Waals surface area contributed by atoms with Gasteiger partial charge in [0, 0.05) is 11.3 Å². The predicted octanol–water partition coefficient (Wildman–Crippen LogP) is 3.89. The molecule has 0 saturated heterocycles. The van der Waals surface area contributed by atoms with E-state index in [1.54, 1.807) is 31.2 Å². The molecule has 1 aromatic carbocycles. The second-order valence-electron chi connectivity index (χ2n) is 5.80. The van der Waals surface area contributed by atoms with E-state index in [1.807, 2.05) is 0 Å². The normalized spacial score (nSPS) is 10.2. The van der Waals surface area contributed by atoms with E-state index < -0.39 is 0 Å². The van der Waals surface area contributed by atoms with Crippen molar-refractivity contribution in [3.8, 4) is 0 Å². The molecule has 0 unspecified atom stereocenters. The standard InChI is InChI=1S/C19H27NO4/c1-15(2)18(21)23-13-7-5-3-4-6-8-14-24-19(22)16-9-11-17(20)12-10-16/h9-12H,1,3-8,13-14,20H2,2H3. The summed E-state index contributed by atoms with van der Waals surface area (Å²) in [6.45, 7) is 6.05. The molecule has 2 N–H and O–H groups in total. The van der Waals surface area contributed by atoms with Crippen molar-refractivity contribution >= 4 is 17.6 Å². The zero-order valence-corrected chi connectivity index (χ0v) is 14.4. The molecule has 0 heterocycles. The summed E-state index contributed by atoms with van der Waals surface area (Å²) in [5, 5.41) is 0. The second-order valence-corrected chi connectivity index (χ2v) is 5.80. The lowest BCUT2D eigenvalue weighted by Gasteiger charge is -2.06.